The van der Waals surface area contributed by atoms with E-state index in [0.717, 1.165) is 6.42 Å². The van der Waals surface area contributed by atoms with Gasteiger partial charge in [0.2, 0.25) is 0 Å². The van der Waals surface area contributed by atoms with E-state index in [1.54, 1.807) is 6.08 Å². The van der Waals surface area contributed by atoms with Crippen LogP contribution >= 0.6 is 0 Å². The fraction of sp³-hybridized carbons (Fsp3) is 0.700. The molecule has 0 N–H and O–H groups in total. The molecule has 4 aliphatic rings. The summed E-state index contributed by atoms with van der Waals surface area (Å²) in [6.45, 7) is 14.2. The molecule has 0 aromatic carbocycles. The van der Waals surface area contributed by atoms with Gasteiger partial charge in [-0.3, -0.25) is 4.79 Å². The molecule has 0 radical (unpaired) electrons. The molecule has 2 heterocycles. The number of hydrogen-bond donors (Lipinski definition) is 0. The largest absolute Gasteiger partial charge is 0.455 e. The molecule has 4 rings (SSSR count). The van der Waals surface area contributed by atoms with Crippen molar-refractivity contribution in [1.82, 2.24) is 0 Å². The Hall–Kier alpha value is -1.42. The topological polar surface area (TPSA) is 52.6 Å². The van der Waals surface area contributed by atoms with Crippen LogP contribution in [0.2, 0.25) is 0 Å². The normalized spacial score (nSPS) is 53.0. The predicted octanol–water partition coefficient (Wildman–Crippen LogP) is 3.07. The maximum atomic E-state index is 13.2. The lowest BCUT2D eigenvalue weighted by molar-refractivity contribution is -0.148. The number of ether oxygens (including phenoxy) is 2. The summed E-state index contributed by atoms with van der Waals surface area (Å²) in [4.78, 5) is 25.4. The molecule has 2 aliphatic carbocycles. The minimum absolute atomic E-state index is 0.00937. The third-order valence-electron chi connectivity index (χ3n) is 7.44. The van der Waals surface area contributed by atoms with Gasteiger partial charge < -0.3 is 9.47 Å². The van der Waals surface area contributed by atoms with Gasteiger partial charge in [0.15, 0.2) is 0 Å². The quantitative estimate of drug-likeness (QED) is 0.421. The average molecular weight is 330 g/mol. The monoisotopic (exact) mass is 330 g/mol. The second kappa shape index (κ2) is 4.40. The van der Waals surface area contributed by atoms with Gasteiger partial charge in [0, 0.05) is 17.3 Å². The fourth-order valence-corrected chi connectivity index (χ4v) is 6.64. The zero-order chi connectivity index (χ0) is 17.7. The Morgan fingerprint density at radius 2 is 1.88 bits per heavy atom. The first-order valence-electron chi connectivity index (χ1n) is 8.84. The number of esters is 1. The first-order chi connectivity index (χ1) is 11.1. The van der Waals surface area contributed by atoms with Gasteiger partial charge in [-0.2, -0.15) is 0 Å². The summed E-state index contributed by atoms with van der Waals surface area (Å²) in [6.07, 6.45) is 3.85. The highest BCUT2D eigenvalue weighted by atomic mass is 16.6. The van der Waals surface area contributed by atoms with E-state index in [4.69, 9.17) is 9.47 Å². The molecule has 24 heavy (non-hydrogen) atoms. The number of carbonyl (C=O) groups excluding carboxylic acids is 2. The van der Waals surface area contributed by atoms with Crippen LogP contribution in [0.4, 0.5) is 0 Å². The summed E-state index contributed by atoms with van der Waals surface area (Å²) in [7, 11) is 0. The molecule has 0 spiro atoms. The van der Waals surface area contributed by atoms with Gasteiger partial charge >= 0.3 is 5.97 Å². The summed E-state index contributed by atoms with van der Waals surface area (Å²) >= 11 is 0. The van der Waals surface area contributed by atoms with Crippen LogP contribution in [0.1, 0.15) is 41.0 Å². The zero-order valence-corrected chi connectivity index (χ0v) is 15.1. The van der Waals surface area contributed by atoms with E-state index in [1.807, 2.05) is 33.8 Å². The van der Waals surface area contributed by atoms with Crippen LogP contribution in [-0.2, 0) is 19.1 Å². The minimum Gasteiger partial charge on any atom is -0.455 e. The summed E-state index contributed by atoms with van der Waals surface area (Å²) < 4.78 is 12.2. The molecule has 7 atom stereocenters. The number of ketones is 1. The van der Waals surface area contributed by atoms with Gasteiger partial charge in [0.1, 0.15) is 18.0 Å². The van der Waals surface area contributed by atoms with E-state index in [9.17, 15) is 9.59 Å². The van der Waals surface area contributed by atoms with Crippen LogP contribution in [0.3, 0.4) is 0 Å². The van der Waals surface area contributed by atoms with Gasteiger partial charge in [0.05, 0.1) is 11.2 Å². The maximum Gasteiger partial charge on any atom is 0.336 e. The molecule has 4 heteroatoms. The zero-order valence-electron chi connectivity index (χ0n) is 15.1. The van der Waals surface area contributed by atoms with Crippen molar-refractivity contribution < 1.29 is 19.1 Å². The number of Topliss-reactive ketones (excluding diaryl/α,β-unsaturated/α-hetero) is 1. The Labute approximate surface area is 143 Å². The summed E-state index contributed by atoms with van der Waals surface area (Å²) in [5.74, 6) is -0.129. The van der Waals surface area contributed by atoms with Gasteiger partial charge in [0.25, 0.3) is 0 Å². The Balaban J connectivity index is 1.89. The third kappa shape index (κ3) is 1.50. The van der Waals surface area contributed by atoms with Crippen molar-refractivity contribution in [2.75, 3.05) is 0 Å². The van der Waals surface area contributed by atoms with E-state index in [0.29, 0.717) is 5.57 Å². The molecule has 2 saturated heterocycles. The summed E-state index contributed by atoms with van der Waals surface area (Å²) in [5, 5.41) is 0. The van der Waals surface area contributed by atoms with Crippen LogP contribution < -0.4 is 0 Å². The van der Waals surface area contributed by atoms with Crippen LogP contribution in [0.15, 0.2) is 24.3 Å². The first-order valence-corrected chi connectivity index (χ1v) is 8.84. The van der Waals surface area contributed by atoms with Gasteiger partial charge in [-0.25, -0.2) is 4.79 Å². The third-order valence-corrected chi connectivity index (χ3v) is 7.44. The Morgan fingerprint density at radius 1 is 1.21 bits per heavy atom. The van der Waals surface area contributed by atoms with Crippen molar-refractivity contribution in [2.45, 2.75) is 58.8 Å². The molecular weight excluding hydrogens is 304 g/mol. The van der Waals surface area contributed by atoms with Crippen LogP contribution in [0, 0.1) is 28.6 Å². The maximum absolute atomic E-state index is 13.2. The highest BCUT2D eigenvalue weighted by molar-refractivity contribution is 5.93. The van der Waals surface area contributed by atoms with E-state index in [-0.39, 0.29) is 47.1 Å². The van der Waals surface area contributed by atoms with E-state index < -0.39 is 11.0 Å². The van der Waals surface area contributed by atoms with Gasteiger partial charge in [-0.15, -0.1) is 6.58 Å². The van der Waals surface area contributed by atoms with Gasteiger partial charge in [-0.05, 0) is 31.6 Å². The number of fused-ring (bicyclic) bond motifs is 7. The molecular formula is C20H26O4. The lowest BCUT2D eigenvalue weighted by Crippen LogP contribution is -2.50. The Kier molecular flexibility index (Phi) is 2.95. The molecule has 4 nitrogen and oxygen atoms in total. The smallest absolute Gasteiger partial charge is 0.336 e. The second-order valence-corrected chi connectivity index (χ2v) is 8.88. The SMILES string of the molecule is C=C[C@H]1C(C)(C)C(=O)[C@H]2C[C@]1(C)[C@H]1[C@H]3OC(=O)/C(=C\C)[C@H]3O[C@@]21C. The standard InChI is InChI=1S/C20H26O4/c1-7-10-13-14(23-17(10)22)15-19(5)9-11(20(15,6)24-13)16(21)18(3,4)12(19)8-2/h7-8,11-15H,2,9H2,1,3-6H3/b10-7-/t11-,12+,13-,14+,15-,19+,20+/m1/s1. The Morgan fingerprint density at radius 3 is 2.46 bits per heavy atom. The predicted molar refractivity (Wildman–Crippen MR) is 89.1 cm³/mol. The summed E-state index contributed by atoms with van der Waals surface area (Å²) in [5.41, 5.74) is -0.622. The number of carbonyl (C=O) groups is 2. The fourth-order valence-electron chi connectivity index (χ4n) is 6.64. The molecule has 0 aromatic rings. The van der Waals surface area contributed by atoms with Gasteiger partial charge in [-0.1, -0.05) is 32.9 Å². The average Bonchev–Trinajstić information content (AvgIpc) is 3.00. The van der Waals surface area contributed by atoms with Crippen molar-refractivity contribution >= 4 is 11.8 Å². The molecule has 2 bridgehead atoms. The Bertz CT molecular complexity index is 690. The second-order valence-electron chi connectivity index (χ2n) is 8.88. The van der Waals surface area contributed by atoms with Crippen molar-refractivity contribution in [3.63, 3.8) is 0 Å². The van der Waals surface area contributed by atoms with E-state index in [1.165, 1.54) is 0 Å². The first kappa shape index (κ1) is 16.1. The van der Waals surface area contributed by atoms with Crippen LogP contribution in [0.25, 0.3) is 0 Å². The van der Waals surface area contributed by atoms with Crippen molar-refractivity contribution in [3.05, 3.63) is 24.3 Å². The molecule has 0 aromatic heterocycles. The van der Waals surface area contributed by atoms with Crippen molar-refractivity contribution in [1.29, 1.82) is 0 Å². The van der Waals surface area contributed by atoms with E-state index in [2.05, 4.69) is 13.5 Å². The lowest BCUT2D eigenvalue weighted by atomic mass is 9.54. The molecule has 2 aliphatic heterocycles. The number of hydrogen-bond acceptors (Lipinski definition) is 4. The van der Waals surface area contributed by atoms with Crippen LogP contribution in [-0.4, -0.2) is 29.6 Å². The van der Waals surface area contributed by atoms with Crippen molar-refractivity contribution in [3.8, 4) is 0 Å². The molecule has 130 valence electrons. The highest BCUT2D eigenvalue weighted by Gasteiger charge is 2.77. The summed E-state index contributed by atoms with van der Waals surface area (Å²) in [6, 6.07) is 0. The molecule has 2 saturated carbocycles. The lowest BCUT2D eigenvalue weighted by Gasteiger charge is -2.48. The van der Waals surface area contributed by atoms with Crippen LogP contribution in [0.5, 0.6) is 0 Å². The van der Waals surface area contributed by atoms with E-state index >= 15 is 0 Å². The minimum atomic E-state index is -0.578. The number of allylic oxidation sites excluding steroid dienone is 2. The molecule has 0 unspecified atom stereocenters. The molecule has 0 amide bonds. The molecule has 4 fully saturated rings. The van der Waals surface area contributed by atoms with Crippen molar-refractivity contribution in [2.24, 2.45) is 28.6 Å². The highest BCUT2D eigenvalue weighted by Crippen LogP contribution is 2.71. The number of rotatable bonds is 1.